The van der Waals surface area contributed by atoms with Crippen LogP contribution in [-0.2, 0) is 14.3 Å². The van der Waals surface area contributed by atoms with E-state index in [1.54, 1.807) is 58.0 Å². The van der Waals surface area contributed by atoms with Gasteiger partial charge in [0.15, 0.2) is 0 Å². The van der Waals surface area contributed by atoms with Gasteiger partial charge in [0.05, 0.1) is 17.2 Å². The molecule has 2 aromatic rings. The zero-order chi connectivity index (χ0) is 23.9. The summed E-state index contributed by atoms with van der Waals surface area (Å²) in [6.45, 7) is 6.85. The second-order valence-corrected chi connectivity index (χ2v) is 9.19. The Morgan fingerprint density at radius 3 is 2.03 bits per heavy atom. The molecule has 0 saturated carbocycles. The zero-order valence-electron chi connectivity index (χ0n) is 19.0. The summed E-state index contributed by atoms with van der Waals surface area (Å²) in [5.41, 5.74) is 0.735. The SMILES string of the molecule is C[C@@H](C(=O)OC(C)(C)C)N1C(=O)[C@H](N2C(=O)c3ccccc3C2=O)[C@@H]1C=Cc1ccccc1. The van der Waals surface area contributed by atoms with Crippen molar-refractivity contribution in [2.75, 3.05) is 0 Å². The average molecular weight is 447 g/mol. The number of esters is 1. The highest BCUT2D eigenvalue weighted by molar-refractivity contribution is 6.23. The Bertz CT molecular complexity index is 1110. The van der Waals surface area contributed by atoms with Gasteiger partial charge in [0, 0.05) is 0 Å². The first kappa shape index (κ1) is 22.5. The van der Waals surface area contributed by atoms with E-state index in [0.717, 1.165) is 10.5 Å². The zero-order valence-corrected chi connectivity index (χ0v) is 19.0. The molecule has 0 aliphatic carbocycles. The minimum absolute atomic E-state index is 0.278. The van der Waals surface area contributed by atoms with Crippen molar-refractivity contribution in [1.82, 2.24) is 9.80 Å². The van der Waals surface area contributed by atoms with Crippen LogP contribution in [0.1, 0.15) is 54.0 Å². The number of imide groups is 1. The van der Waals surface area contributed by atoms with E-state index in [4.69, 9.17) is 4.74 Å². The van der Waals surface area contributed by atoms with Gasteiger partial charge in [-0.15, -0.1) is 0 Å². The number of ether oxygens (including phenoxy) is 1. The number of carbonyl (C=O) groups is 4. The van der Waals surface area contributed by atoms with Crippen LogP contribution in [0.15, 0.2) is 60.7 Å². The molecule has 3 atom stereocenters. The maximum absolute atomic E-state index is 13.3. The smallest absolute Gasteiger partial charge is 0.329 e. The number of rotatable bonds is 5. The van der Waals surface area contributed by atoms with Crippen LogP contribution in [0, 0.1) is 0 Å². The van der Waals surface area contributed by atoms with Crippen molar-refractivity contribution in [3.05, 3.63) is 77.4 Å². The predicted molar refractivity (Wildman–Crippen MR) is 122 cm³/mol. The van der Waals surface area contributed by atoms with Gasteiger partial charge in [0.1, 0.15) is 17.7 Å². The molecule has 2 aliphatic rings. The molecule has 0 bridgehead atoms. The summed E-state index contributed by atoms with van der Waals surface area (Å²) in [4.78, 5) is 54.4. The lowest BCUT2D eigenvalue weighted by Gasteiger charge is -2.50. The van der Waals surface area contributed by atoms with Crippen molar-refractivity contribution < 1.29 is 23.9 Å². The predicted octanol–water partition coefficient (Wildman–Crippen LogP) is 3.31. The summed E-state index contributed by atoms with van der Waals surface area (Å²) in [6, 6.07) is 13.4. The second-order valence-electron chi connectivity index (χ2n) is 9.19. The highest BCUT2D eigenvalue weighted by Gasteiger charge is 2.57. The number of nitrogens with zero attached hydrogens (tertiary/aromatic N) is 2. The van der Waals surface area contributed by atoms with Crippen LogP contribution < -0.4 is 0 Å². The summed E-state index contributed by atoms with van der Waals surface area (Å²) in [7, 11) is 0. The molecule has 2 aromatic carbocycles. The van der Waals surface area contributed by atoms with E-state index < -0.39 is 47.4 Å². The molecule has 33 heavy (non-hydrogen) atoms. The molecule has 170 valence electrons. The highest BCUT2D eigenvalue weighted by atomic mass is 16.6. The molecule has 2 heterocycles. The fraction of sp³-hybridized carbons (Fsp3) is 0.308. The number of likely N-dealkylation sites (tertiary alicyclic amines) is 1. The lowest BCUT2D eigenvalue weighted by Crippen LogP contribution is -2.73. The van der Waals surface area contributed by atoms with Gasteiger partial charge in [-0.2, -0.15) is 0 Å². The van der Waals surface area contributed by atoms with Gasteiger partial charge < -0.3 is 9.64 Å². The van der Waals surface area contributed by atoms with Crippen LogP contribution in [0.5, 0.6) is 0 Å². The molecule has 7 nitrogen and oxygen atoms in total. The van der Waals surface area contributed by atoms with Gasteiger partial charge in [-0.3, -0.25) is 19.3 Å². The van der Waals surface area contributed by atoms with Gasteiger partial charge in [-0.25, -0.2) is 4.79 Å². The van der Waals surface area contributed by atoms with Crippen molar-refractivity contribution in [1.29, 1.82) is 0 Å². The third-order valence-corrected chi connectivity index (χ3v) is 5.71. The van der Waals surface area contributed by atoms with Gasteiger partial charge in [0.2, 0.25) is 5.91 Å². The molecule has 3 amide bonds. The first-order chi connectivity index (χ1) is 15.6. The number of amides is 3. The molecule has 4 rings (SSSR count). The molecular formula is C26H26N2O5. The second kappa shape index (κ2) is 8.31. The first-order valence-corrected chi connectivity index (χ1v) is 10.9. The van der Waals surface area contributed by atoms with E-state index in [1.165, 1.54) is 4.90 Å². The Balaban J connectivity index is 1.66. The van der Waals surface area contributed by atoms with Crippen LogP contribution in [-0.4, -0.2) is 57.2 Å². The Hall–Kier alpha value is -3.74. The number of hydrogen-bond acceptors (Lipinski definition) is 5. The number of fused-ring (bicyclic) bond motifs is 1. The molecule has 0 N–H and O–H groups in total. The van der Waals surface area contributed by atoms with Crippen molar-refractivity contribution in [3.8, 4) is 0 Å². The fourth-order valence-corrected chi connectivity index (χ4v) is 4.16. The summed E-state index contributed by atoms with van der Waals surface area (Å²) in [5, 5.41) is 0. The monoisotopic (exact) mass is 446 g/mol. The molecule has 1 saturated heterocycles. The highest BCUT2D eigenvalue weighted by Crippen LogP contribution is 2.35. The standard InChI is InChI=1S/C26H26N2O5/c1-16(25(32)33-26(2,3)4)27-20(15-14-17-10-6-5-7-11-17)21(24(27)31)28-22(29)18-12-8-9-13-19(18)23(28)30/h5-16,20-21H,1-4H3/t16-,20-,21+/m0/s1. The third-order valence-electron chi connectivity index (χ3n) is 5.71. The number of β-lactam (4-membered cyclic amide) rings is 1. The van der Waals surface area contributed by atoms with Gasteiger partial charge in [-0.1, -0.05) is 54.6 Å². The normalized spacial score (nSPS) is 21.3. The molecule has 7 heteroatoms. The lowest BCUT2D eigenvalue weighted by atomic mass is 9.90. The lowest BCUT2D eigenvalue weighted by molar-refractivity contribution is -0.174. The first-order valence-electron chi connectivity index (χ1n) is 10.9. The van der Waals surface area contributed by atoms with Gasteiger partial charge in [-0.05, 0) is 45.4 Å². The third kappa shape index (κ3) is 4.06. The van der Waals surface area contributed by atoms with Crippen molar-refractivity contribution >= 4 is 29.8 Å². The molecule has 1 fully saturated rings. The fourth-order valence-electron chi connectivity index (χ4n) is 4.16. The molecule has 0 aromatic heterocycles. The quantitative estimate of drug-likeness (QED) is 0.400. The van der Waals surface area contributed by atoms with E-state index >= 15 is 0 Å². The summed E-state index contributed by atoms with van der Waals surface area (Å²) in [5.74, 6) is -2.02. The topological polar surface area (TPSA) is 84.0 Å². The van der Waals surface area contributed by atoms with Gasteiger partial charge in [0.25, 0.3) is 11.8 Å². The van der Waals surface area contributed by atoms with E-state index in [2.05, 4.69) is 0 Å². The number of hydrogen-bond donors (Lipinski definition) is 0. The maximum Gasteiger partial charge on any atom is 0.329 e. The Morgan fingerprint density at radius 1 is 0.939 bits per heavy atom. The summed E-state index contributed by atoms with van der Waals surface area (Å²) in [6.07, 6.45) is 3.57. The Kier molecular flexibility index (Phi) is 5.66. The molecular weight excluding hydrogens is 420 g/mol. The van der Waals surface area contributed by atoms with Crippen LogP contribution in [0.3, 0.4) is 0 Å². The molecule has 0 radical (unpaired) electrons. The van der Waals surface area contributed by atoms with Crippen molar-refractivity contribution in [2.24, 2.45) is 0 Å². The van der Waals surface area contributed by atoms with Crippen molar-refractivity contribution in [3.63, 3.8) is 0 Å². The van der Waals surface area contributed by atoms with Crippen LogP contribution in [0.25, 0.3) is 6.08 Å². The van der Waals surface area contributed by atoms with E-state index in [9.17, 15) is 19.2 Å². The van der Waals surface area contributed by atoms with Crippen LogP contribution >= 0.6 is 0 Å². The Labute approximate surface area is 192 Å². The van der Waals surface area contributed by atoms with E-state index in [0.29, 0.717) is 0 Å². The van der Waals surface area contributed by atoms with E-state index in [1.807, 2.05) is 36.4 Å². The van der Waals surface area contributed by atoms with Gasteiger partial charge >= 0.3 is 5.97 Å². The Morgan fingerprint density at radius 2 is 1.48 bits per heavy atom. The van der Waals surface area contributed by atoms with Crippen molar-refractivity contribution in [2.45, 2.75) is 51.4 Å². The van der Waals surface area contributed by atoms with Crippen LogP contribution in [0.2, 0.25) is 0 Å². The van der Waals surface area contributed by atoms with Crippen LogP contribution in [0.4, 0.5) is 0 Å². The number of benzene rings is 2. The minimum Gasteiger partial charge on any atom is -0.458 e. The summed E-state index contributed by atoms with van der Waals surface area (Å²) < 4.78 is 5.47. The minimum atomic E-state index is -1.03. The van der Waals surface area contributed by atoms with E-state index in [-0.39, 0.29) is 11.1 Å². The maximum atomic E-state index is 13.3. The average Bonchev–Trinajstić information content (AvgIpc) is 3.01. The number of carbonyl (C=O) groups excluding carboxylic acids is 4. The molecule has 0 unspecified atom stereocenters. The summed E-state index contributed by atoms with van der Waals surface area (Å²) >= 11 is 0. The molecule has 2 aliphatic heterocycles. The largest absolute Gasteiger partial charge is 0.458 e. The molecule has 0 spiro atoms.